The van der Waals surface area contributed by atoms with Crippen LogP contribution in [-0.4, -0.2) is 29.7 Å². The topological polar surface area (TPSA) is 50.5 Å². The lowest BCUT2D eigenvalue weighted by molar-refractivity contribution is -0.132. The quantitative estimate of drug-likeness (QED) is 0.657. The predicted octanol–water partition coefficient (Wildman–Crippen LogP) is 4.74. The molecular weight excluding hydrogens is 376 g/mol. The number of hydrogen-bond donors (Lipinski definition) is 0. The van der Waals surface area contributed by atoms with E-state index in [1.165, 1.54) is 6.42 Å². The van der Waals surface area contributed by atoms with Crippen LogP contribution in [0.25, 0.3) is 0 Å². The predicted molar refractivity (Wildman–Crippen MR) is 104 cm³/mol. The van der Waals surface area contributed by atoms with E-state index in [1.807, 2.05) is 12.1 Å². The third-order valence-electron chi connectivity index (χ3n) is 6.15. The maximum Gasteiger partial charge on any atom is 0.223 e. The van der Waals surface area contributed by atoms with Crippen molar-refractivity contribution in [3.63, 3.8) is 0 Å². The first-order valence-electron chi connectivity index (χ1n) is 10.3. The van der Waals surface area contributed by atoms with Crippen molar-refractivity contribution in [2.24, 2.45) is 11.8 Å². The Labute approximate surface area is 168 Å². The third-order valence-corrected chi connectivity index (χ3v) is 6.15. The molecule has 2 heterocycles. The maximum absolute atomic E-state index is 13.9. The molecule has 2 atom stereocenters. The second-order valence-corrected chi connectivity index (χ2v) is 8.27. The summed E-state index contributed by atoms with van der Waals surface area (Å²) in [4.78, 5) is 26.8. The number of ketones is 1. The summed E-state index contributed by atoms with van der Waals surface area (Å²) in [6.07, 6.45) is 3.02. The zero-order valence-corrected chi connectivity index (χ0v) is 16.5. The SMILES string of the molecule is C[C@H]1C[C@@H]1c1ccc(CCC(=O)N2CCC(C(=O)c3cc(F)ccc3F)CC2)o1. The number of likely N-dealkylation sites (tertiary alicyclic amines) is 1. The third kappa shape index (κ3) is 4.41. The molecule has 0 unspecified atom stereocenters. The number of aryl methyl sites for hydroxylation is 1. The van der Waals surface area contributed by atoms with Gasteiger partial charge in [-0.3, -0.25) is 9.59 Å². The lowest BCUT2D eigenvalue weighted by atomic mass is 9.88. The van der Waals surface area contributed by atoms with E-state index in [2.05, 4.69) is 6.92 Å². The number of furan rings is 1. The van der Waals surface area contributed by atoms with Crippen LogP contribution in [0.2, 0.25) is 0 Å². The molecule has 1 aliphatic carbocycles. The second-order valence-electron chi connectivity index (χ2n) is 8.27. The molecule has 0 spiro atoms. The van der Waals surface area contributed by atoms with Gasteiger partial charge in [-0.25, -0.2) is 8.78 Å². The van der Waals surface area contributed by atoms with Crippen LogP contribution < -0.4 is 0 Å². The summed E-state index contributed by atoms with van der Waals surface area (Å²) < 4.78 is 33.1. The van der Waals surface area contributed by atoms with Gasteiger partial charge in [0.2, 0.25) is 5.91 Å². The standard InChI is InChI=1S/C23H25F2NO3/c1-14-12-18(14)21-6-3-17(29-21)4-7-22(27)26-10-8-15(9-11-26)23(28)19-13-16(24)2-5-20(19)25/h2-3,5-6,13-15,18H,4,7-12H2,1H3/t14-,18-/m0/s1. The molecule has 1 saturated carbocycles. The average Bonchev–Trinajstić information content (AvgIpc) is 3.27. The first-order chi connectivity index (χ1) is 13.9. The van der Waals surface area contributed by atoms with Crippen molar-refractivity contribution in [3.8, 4) is 0 Å². The van der Waals surface area contributed by atoms with Gasteiger partial charge in [0.05, 0.1) is 5.56 Å². The van der Waals surface area contributed by atoms with Crippen molar-refractivity contribution in [1.29, 1.82) is 0 Å². The Morgan fingerprint density at radius 2 is 1.86 bits per heavy atom. The summed E-state index contributed by atoms with van der Waals surface area (Å²) in [6.45, 7) is 3.11. The number of piperidine rings is 1. The highest BCUT2D eigenvalue weighted by Crippen LogP contribution is 2.47. The fourth-order valence-corrected chi connectivity index (χ4v) is 4.13. The van der Waals surface area contributed by atoms with Crippen molar-refractivity contribution >= 4 is 11.7 Å². The molecule has 154 valence electrons. The van der Waals surface area contributed by atoms with E-state index in [-0.39, 0.29) is 23.2 Å². The van der Waals surface area contributed by atoms with Crippen molar-refractivity contribution in [2.75, 3.05) is 13.1 Å². The Morgan fingerprint density at radius 1 is 1.14 bits per heavy atom. The summed E-state index contributed by atoms with van der Waals surface area (Å²) in [5.74, 6) is 0.996. The van der Waals surface area contributed by atoms with Crippen LogP contribution in [0.15, 0.2) is 34.7 Å². The van der Waals surface area contributed by atoms with Crippen LogP contribution in [0, 0.1) is 23.5 Å². The van der Waals surface area contributed by atoms with E-state index in [0.717, 1.165) is 29.7 Å². The number of carbonyl (C=O) groups excluding carboxylic acids is 2. The Balaban J connectivity index is 1.26. The molecule has 1 aromatic carbocycles. The summed E-state index contributed by atoms with van der Waals surface area (Å²) in [6, 6.07) is 6.89. The molecule has 2 fully saturated rings. The lowest BCUT2D eigenvalue weighted by Gasteiger charge is -2.31. The van der Waals surface area contributed by atoms with Crippen LogP contribution in [0.3, 0.4) is 0 Å². The molecule has 2 aromatic rings. The van der Waals surface area contributed by atoms with E-state index in [0.29, 0.717) is 50.6 Å². The Morgan fingerprint density at radius 3 is 2.55 bits per heavy atom. The molecule has 1 saturated heterocycles. The Kier molecular flexibility index (Phi) is 5.52. The van der Waals surface area contributed by atoms with Crippen molar-refractivity contribution < 1.29 is 22.8 Å². The van der Waals surface area contributed by atoms with Crippen molar-refractivity contribution in [2.45, 2.75) is 44.9 Å². The van der Waals surface area contributed by atoms with Gasteiger partial charge in [-0.2, -0.15) is 0 Å². The average molecular weight is 401 g/mol. The molecule has 6 heteroatoms. The Bertz CT molecular complexity index is 915. The smallest absolute Gasteiger partial charge is 0.223 e. The van der Waals surface area contributed by atoms with Crippen molar-refractivity contribution in [1.82, 2.24) is 4.90 Å². The van der Waals surface area contributed by atoms with Crippen molar-refractivity contribution in [3.05, 3.63) is 59.1 Å². The summed E-state index contributed by atoms with van der Waals surface area (Å²) in [5.41, 5.74) is -0.201. The van der Waals surface area contributed by atoms with E-state index < -0.39 is 11.6 Å². The molecule has 1 amide bonds. The zero-order chi connectivity index (χ0) is 20.5. The van der Waals surface area contributed by atoms with E-state index >= 15 is 0 Å². The van der Waals surface area contributed by atoms with Gasteiger partial charge in [0.25, 0.3) is 0 Å². The number of hydrogen-bond acceptors (Lipinski definition) is 3. The number of carbonyl (C=O) groups is 2. The molecule has 1 aliphatic heterocycles. The fourth-order valence-electron chi connectivity index (χ4n) is 4.13. The van der Waals surface area contributed by atoms with Crippen LogP contribution in [0.4, 0.5) is 8.78 Å². The normalized spacial score (nSPS) is 22.0. The number of Topliss-reactive ketones (excluding diaryl/α,β-unsaturated/α-hetero) is 1. The minimum atomic E-state index is -0.701. The summed E-state index contributed by atoms with van der Waals surface area (Å²) >= 11 is 0. The monoisotopic (exact) mass is 401 g/mol. The van der Waals surface area contributed by atoms with Gasteiger partial charge in [0.1, 0.15) is 23.2 Å². The van der Waals surface area contributed by atoms with E-state index in [1.54, 1.807) is 4.90 Å². The number of halogens is 2. The van der Waals surface area contributed by atoms with Crippen LogP contribution in [0.1, 0.15) is 60.4 Å². The lowest BCUT2D eigenvalue weighted by Crippen LogP contribution is -2.40. The number of rotatable bonds is 6. The van der Waals surface area contributed by atoms with Crippen LogP contribution in [0.5, 0.6) is 0 Å². The maximum atomic E-state index is 13.9. The van der Waals surface area contributed by atoms with E-state index in [9.17, 15) is 18.4 Å². The second kappa shape index (κ2) is 8.09. The molecule has 29 heavy (non-hydrogen) atoms. The van der Waals surface area contributed by atoms with Crippen LogP contribution >= 0.6 is 0 Å². The fraction of sp³-hybridized carbons (Fsp3) is 0.478. The summed E-state index contributed by atoms with van der Waals surface area (Å²) in [5, 5.41) is 0. The molecule has 0 radical (unpaired) electrons. The number of nitrogens with zero attached hydrogens (tertiary/aromatic N) is 1. The highest BCUT2D eigenvalue weighted by molar-refractivity contribution is 5.98. The van der Waals surface area contributed by atoms with Gasteiger partial charge in [0.15, 0.2) is 5.78 Å². The largest absolute Gasteiger partial charge is 0.466 e. The van der Waals surface area contributed by atoms with Crippen LogP contribution in [-0.2, 0) is 11.2 Å². The zero-order valence-electron chi connectivity index (χ0n) is 16.5. The molecule has 0 N–H and O–H groups in total. The molecule has 1 aromatic heterocycles. The first-order valence-corrected chi connectivity index (χ1v) is 10.3. The summed E-state index contributed by atoms with van der Waals surface area (Å²) in [7, 11) is 0. The van der Waals surface area contributed by atoms with Gasteiger partial charge in [-0.15, -0.1) is 0 Å². The first kappa shape index (κ1) is 19.8. The highest BCUT2D eigenvalue weighted by Gasteiger charge is 2.36. The Hall–Kier alpha value is -2.50. The molecule has 2 aliphatic rings. The van der Waals surface area contributed by atoms with Gasteiger partial charge >= 0.3 is 0 Å². The molecule has 4 rings (SSSR count). The molecule has 0 bridgehead atoms. The highest BCUT2D eigenvalue weighted by atomic mass is 19.1. The minimum Gasteiger partial charge on any atom is -0.466 e. The minimum absolute atomic E-state index is 0.0329. The molecular formula is C23H25F2NO3. The van der Waals surface area contributed by atoms with Gasteiger partial charge in [-0.1, -0.05) is 6.92 Å². The van der Waals surface area contributed by atoms with Gasteiger partial charge in [0, 0.05) is 37.8 Å². The van der Waals surface area contributed by atoms with Gasteiger partial charge in [-0.05, 0) is 55.5 Å². The molecule has 4 nitrogen and oxygen atoms in total. The number of amides is 1. The van der Waals surface area contributed by atoms with Gasteiger partial charge < -0.3 is 9.32 Å². The number of benzene rings is 1. The van der Waals surface area contributed by atoms with E-state index in [4.69, 9.17) is 4.42 Å².